The molecule has 436 valence electrons. The van der Waals surface area contributed by atoms with Crippen LogP contribution >= 0.6 is 0 Å². The Kier molecular flexibility index (Phi) is 17.3. The second kappa shape index (κ2) is 21.5. The van der Waals surface area contributed by atoms with Crippen molar-refractivity contribution >= 4 is 23.9 Å². The normalized spacial score (nSPS) is 30.4. The molecule has 16 nitrogen and oxygen atoms in total. The molecule has 8 aliphatic rings. The molecule has 0 amide bonds. The van der Waals surface area contributed by atoms with Gasteiger partial charge in [0.15, 0.2) is 11.6 Å². The molecule has 2 saturated carbocycles. The standard InChI is InChI=1S/C31H54N2O6.C29H50N2O6/c1-26(2)16-22(17-27(3,4)32(26)9)38-24(34)30(20-36-31(37-21-30)14-12-11-13-15-31)25(35)39-23-18-28(5,6)33(10)29(7,8)19-23;1-24(2)14-20(15-25(3,4)30-24)36-22(32)28(18-34-29(35-19-28)12-10-9-11-13-29)23(33)37-21-16-26(5,6)31-27(7,8)17-21/h22-23H,11-21H2,1-10H3;20-21,30-31H,9-19H2,1-8H3. The monoisotopic (exact) mass is 1070 g/mol. The van der Waals surface area contributed by atoms with Crippen LogP contribution in [0.3, 0.4) is 0 Å². The van der Waals surface area contributed by atoms with Crippen LogP contribution in [-0.4, -0.2) is 155 Å². The second-order valence-corrected chi connectivity index (χ2v) is 30.2. The highest BCUT2D eigenvalue weighted by Crippen LogP contribution is 2.46. The molecule has 0 aromatic heterocycles. The number of hydrogen-bond donors (Lipinski definition) is 2. The van der Waals surface area contributed by atoms with E-state index in [1.807, 2.05) is 0 Å². The summed E-state index contributed by atoms with van der Waals surface area (Å²) in [6.07, 6.45) is 13.6. The molecule has 76 heavy (non-hydrogen) atoms. The van der Waals surface area contributed by atoms with Crippen LogP contribution in [0.4, 0.5) is 0 Å². The molecule has 6 heterocycles. The van der Waals surface area contributed by atoms with Gasteiger partial charge in [-0.25, -0.2) is 0 Å². The van der Waals surface area contributed by atoms with Crippen molar-refractivity contribution in [3.05, 3.63) is 0 Å². The lowest BCUT2D eigenvalue weighted by Gasteiger charge is -2.54. The first-order valence-electron chi connectivity index (χ1n) is 29.3. The average molecular weight is 1070 g/mol. The summed E-state index contributed by atoms with van der Waals surface area (Å²) in [6.45, 7) is 34.0. The van der Waals surface area contributed by atoms with E-state index in [1.165, 1.54) is 0 Å². The van der Waals surface area contributed by atoms with E-state index in [9.17, 15) is 19.2 Å². The van der Waals surface area contributed by atoms with Gasteiger partial charge in [-0.2, -0.15) is 0 Å². The van der Waals surface area contributed by atoms with Crippen molar-refractivity contribution in [2.75, 3.05) is 40.5 Å². The second-order valence-electron chi connectivity index (χ2n) is 30.2. The first kappa shape index (κ1) is 61.2. The lowest BCUT2D eigenvalue weighted by Crippen LogP contribution is -2.63. The number of nitrogens with one attached hydrogen (secondary N) is 2. The van der Waals surface area contributed by atoms with Crippen molar-refractivity contribution in [3.63, 3.8) is 0 Å². The highest BCUT2D eigenvalue weighted by Gasteiger charge is 2.61. The van der Waals surface area contributed by atoms with Crippen LogP contribution in [0.1, 0.15) is 226 Å². The number of nitrogens with zero attached hydrogens (tertiary/aromatic N) is 2. The van der Waals surface area contributed by atoms with Crippen molar-refractivity contribution in [2.45, 2.75) is 307 Å². The highest BCUT2D eigenvalue weighted by atomic mass is 16.7. The van der Waals surface area contributed by atoms with Gasteiger partial charge in [0.2, 0.25) is 10.8 Å². The summed E-state index contributed by atoms with van der Waals surface area (Å²) in [5.41, 5.74) is -4.66. The number of esters is 4. The zero-order chi connectivity index (χ0) is 56.4. The van der Waals surface area contributed by atoms with E-state index in [1.54, 1.807) is 0 Å². The van der Waals surface area contributed by atoms with E-state index in [4.69, 9.17) is 37.9 Å². The molecule has 0 radical (unpaired) electrons. The zero-order valence-electron chi connectivity index (χ0n) is 50.7. The van der Waals surface area contributed by atoms with E-state index in [0.717, 1.165) is 64.2 Å². The van der Waals surface area contributed by atoms with Gasteiger partial charge in [-0.05, 0) is 151 Å². The van der Waals surface area contributed by atoms with Crippen molar-refractivity contribution in [1.82, 2.24) is 20.4 Å². The lowest BCUT2D eigenvalue weighted by molar-refractivity contribution is -0.312. The Morgan fingerprint density at radius 1 is 0.355 bits per heavy atom. The van der Waals surface area contributed by atoms with E-state index >= 15 is 0 Å². The van der Waals surface area contributed by atoms with Gasteiger partial charge >= 0.3 is 23.9 Å². The van der Waals surface area contributed by atoms with E-state index in [2.05, 4.69) is 145 Å². The topological polar surface area (TPSA) is 173 Å². The number of carbonyl (C=O) groups is 4. The Hall–Kier alpha value is -2.44. The van der Waals surface area contributed by atoms with Crippen LogP contribution in [0.2, 0.25) is 0 Å². The molecular weight excluding hydrogens is 969 g/mol. The van der Waals surface area contributed by atoms with Crippen molar-refractivity contribution < 1.29 is 57.1 Å². The molecule has 0 aromatic rings. The largest absolute Gasteiger partial charge is 0.461 e. The Morgan fingerprint density at radius 3 is 0.789 bits per heavy atom. The molecule has 8 fully saturated rings. The molecule has 6 aliphatic heterocycles. The van der Waals surface area contributed by atoms with Crippen LogP contribution < -0.4 is 10.6 Å². The number of piperidine rings is 4. The molecule has 0 atom stereocenters. The SMILES string of the molecule is CC1(C)CC(OC(=O)C2(C(=O)OC3CC(C)(C)NC(C)(C)C3)COC3(CCCCC3)OC2)CC(C)(C)N1.CN1C(C)(C)CC(OC(=O)C2(C(=O)OC3CC(C)(C)N(C)C(C)(C)C3)COC3(CCCCC3)OC2)CC1(C)C. The average Bonchev–Trinajstić information content (AvgIpc) is 3.26. The Morgan fingerprint density at radius 2 is 0.566 bits per heavy atom. The number of carbonyl (C=O) groups excluding carboxylic acids is 4. The third kappa shape index (κ3) is 13.6. The first-order chi connectivity index (χ1) is 34.8. The maximum absolute atomic E-state index is 14.0. The van der Waals surface area contributed by atoms with Gasteiger partial charge in [0.25, 0.3) is 0 Å². The van der Waals surface area contributed by atoms with Gasteiger partial charge in [0.05, 0.1) is 26.4 Å². The fraction of sp³-hybridized carbons (Fsp3) is 0.933. The molecule has 16 heteroatoms. The summed E-state index contributed by atoms with van der Waals surface area (Å²) in [5, 5.41) is 7.23. The number of rotatable bonds is 8. The third-order valence-corrected chi connectivity index (χ3v) is 19.1. The summed E-state index contributed by atoms with van der Waals surface area (Å²) in [5.74, 6) is -3.75. The van der Waals surface area contributed by atoms with Gasteiger partial charge in [0, 0.05) is 121 Å². The van der Waals surface area contributed by atoms with Crippen molar-refractivity contribution in [3.8, 4) is 0 Å². The Labute approximate surface area is 457 Å². The fourth-order valence-corrected chi connectivity index (χ4v) is 15.0. The number of likely N-dealkylation sites (tertiary alicyclic amines) is 2. The van der Waals surface area contributed by atoms with Gasteiger partial charge < -0.3 is 48.5 Å². The minimum Gasteiger partial charge on any atom is -0.461 e. The minimum atomic E-state index is -1.63. The van der Waals surface area contributed by atoms with Gasteiger partial charge in [-0.15, -0.1) is 0 Å². The van der Waals surface area contributed by atoms with Crippen LogP contribution in [0.15, 0.2) is 0 Å². The molecular formula is C60H104N4O12. The molecule has 8 rings (SSSR count). The Balaban J connectivity index is 0.000000221. The van der Waals surface area contributed by atoms with Crippen LogP contribution in [-0.2, 0) is 57.1 Å². The molecule has 6 saturated heterocycles. The van der Waals surface area contributed by atoms with Crippen LogP contribution in [0, 0.1) is 10.8 Å². The summed E-state index contributed by atoms with van der Waals surface area (Å²) < 4.78 is 49.8. The predicted octanol–water partition coefficient (Wildman–Crippen LogP) is 9.45. The van der Waals surface area contributed by atoms with Gasteiger partial charge in [-0.3, -0.25) is 29.0 Å². The summed E-state index contributed by atoms with van der Waals surface area (Å²) in [6, 6.07) is 0. The first-order valence-corrected chi connectivity index (χ1v) is 29.3. The number of hydrogen-bond acceptors (Lipinski definition) is 16. The summed E-state index contributed by atoms with van der Waals surface area (Å²) >= 11 is 0. The maximum Gasteiger partial charge on any atom is 0.328 e. The fourth-order valence-electron chi connectivity index (χ4n) is 15.0. The Bertz CT molecular complexity index is 1900. The molecule has 2 aliphatic carbocycles. The lowest BCUT2D eigenvalue weighted by atomic mass is 9.78. The van der Waals surface area contributed by atoms with Crippen molar-refractivity contribution in [2.24, 2.45) is 10.8 Å². The highest BCUT2D eigenvalue weighted by molar-refractivity contribution is 6.01. The van der Waals surface area contributed by atoms with Gasteiger partial charge in [-0.1, -0.05) is 12.8 Å². The number of ether oxygens (including phenoxy) is 8. The smallest absolute Gasteiger partial charge is 0.328 e. The van der Waals surface area contributed by atoms with E-state index in [0.29, 0.717) is 51.4 Å². The molecule has 2 spiro atoms. The van der Waals surface area contributed by atoms with Crippen molar-refractivity contribution in [1.29, 1.82) is 0 Å². The van der Waals surface area contributed by atoms with Crippen LogP contribution in [0.25, 0.3) is 0 Å². The predicted molar refractivity (Wildman–Crippen MR) is 291 cm³/mol. The molecule has 0 bridgehead atoms. The van der Waals surface area contributed by atoms with Gasteiger partial charge in [0.1, 0.15) is 24.4 Å². The quantitative estimate of drug-likeness (QED) is 0.134. The zero-order valence-corrected chi connectivity index (χ0v) is 50.7. The third-order valence-electron chi connectivity index (χ3n) is 19.1. The summed E-state index contributed by atoms with van der Waals surface area (Å²) in [4.78, 5) is 60.6. The molecule has 0 unspecified atom stereocenters. The molecule has 0 aromatic carbocycles. The van der Waals surface area contributed by atoms with E-state index in [-0.39, 0.29) is 95.2 Å². The summed E-state index contributed by atoms with van der Waals surface area (Å²) in [7, 11) is 4.24. The molecule has 2 N–H and O–H groups in total. The minimum absolute atomic E-state index is 0.0660. The van der Waals surface area contributed by atoms with E-state index < -0.39 is 46.3 Å². The van der Waals surface area contributed by atoms with Crippen LogP contribution in [0.5, 0.6) is 0 Å². The maximum atomic E-state index is 14.0.